The molecule has 146 valence electrons. The fourth-order valence-electron chi connectivity index (χ4n) is 2.93. The Kier molecular flexibility index (Phi) is 6.74. The zero-order chi connectivity index (χ0) is 20.5. The van der Waals surface area contributed by atoms with Crippen molar-refractivity contribution in [2.75, 3.05) is 18.0 Å². The first-order chi connectivity index (χ1) is 14.2. The SMILES string of the molecule is N#CCC(=O)NCCCN(C(=O)/C=C/c1n[nH]c2ccccc12)c1ccccc1. The molecular weight excluding hydrogens is 366 g/mol. The zero-order valence-electron chi connectivity index (χ0n) is 15.8. The van der Waals surface area contributed by atoms with Gasteiger partial charge in [-0.3, -0.25) is 14.7 Å². The van der Waals surface area contributed by atoms with Crippen molar-refractivity contribution >= 4 is 34.5 Å². The van der Waals surface area contributed by atoms with Crippen LogP contribution >= 0.6 is 0 Å². The van der Waals surface area contributed by atoms with Gasteiger partial charge in [0.2, 0.25) is 5.91 Å². The number of H-pyrrole nitrogens is 1. The molecule has 0 aliphatic rings. The lowest BCUT2D eigenvalue weighted by Gasteiger charge is -2.21. The molecule has 3 aromatic rings. The summed E-state index contributed by atoms with van der Waals surface area (Å²) < 4.78 is 0. The first-order valence-electron chi connectivity index (χ1n) is 9.30. The molecule has 3 rings (SSSR count). The van der Waals surface area contributed by atoms with Gasteiger partial charge in [0, 0.05) is 30.2 Å². The topological polar surface area (TPSA) is 102 Å². The van der Waals surface area contributed by atoms with E-state index in [-0.39, 0.29) is 18.2 Å². The van der Waals surface area contributed by atoms with Crippen LogP contribution < -0.4 is 10.2 Å². The third-order valence-electron chi connectivity index (χ3n) is 4.34. The second-order valence-electron chi connectivity index (χ2n) is 6.35. The Morgan fingerprint density at radius 3 is 2.69 bits per heavy atom. The van der Waals surface area contributed by atoms with Crippen molar-refractivity contribution in [2.24, 2.45) is 0 Å². The number of hydrogen-bond donors (Lipinski definition) is 2. The highest BCUT2D eigenvalue weighted by atomic mass is 16.2. The average molecular weight is 387 g/mol. The predicted molar refractivity (Wildman–Crippen MR) is 112 cm³/mol. The van der Waals surface area contributed by atoms with Gasteiger partial charge in [-0.25, -0.2) is 0 Å². The Hall–Kier alpha value is -3.92. The summed E-state index contributed by atoms with van der Waals surface area (Å²) in [6.45, 7) is 0.826. The van der Waals surface area contributed by atoms with Crippen molar-refractivity contribution in [1.82, 2.24) is 15.5 Å². The lowest BCUT2D eigenvalue weighted by Crippen LogP contribution is -2.33. The predicted octanol–water partition coefficient (Wildman–Crippen LogP) is 3.03. The van der Waals surface area contributed by atoms with Gasteiger partial charge in [0.15, 0.2) is 0 Å². The van der Waals surface area contributed by atoms with Crippen molar-refractivity contribution in [2.45, 2.75) is 12.8 Å². The third-order valence-corrected chi connectivity index (χ3v) is 4.34. The summed E-state index contributed by atoms with van der Waals surface area (Å²) in [5.41, 5.74) is 2.38. The number of aromatic amines is 1. The van der Waals surface area contributed by atoms with Crippen molar-refractivity contribution in [3.8, 4) is 6.07 Å². The van der Waals surface area contributed by atoms with E-state index in [1.54, 1.807) is 11.0 Å². The van der Waals surface area contributed by atoms with E-state index in [0.717, 1.165) is 16.6 Å². The van der Waals surface area contributed by atoms with Crippen LogP contribution in [0.4, 0.5) is 5.69 Å². The highest BCUT2D eigenvalue weighted by Gasteiger charge is 2.13. The fourth-order valence-corrected chi connectivity index (χ4v) is 2.93. The van der Waals surface area contributed by atoms with Gasteiger partial charge in [-0.05, 0) is 30.7 Å². The average Bonchev–Trinajstić information content (AvgIpc) is 3.16. The van der Waals surface area contributed by atoms with Crippen molar-refractivity contribution in [3.05, 3.63) is 66.4 Å². The highest BCUT2D eigenvalue weighted by molar-refractivity contribution is 6.04. The third kappa shape index (κ3) is 5.30. The summed E-state index contributed by atoms with van der Waals surface area (Å²) in [7, 11) is 0. The number of nitrogens with zero attached hydrogens (tertiary/aromatic N) is 3. The maximum absolute atomic E-state index is 12.9. The normalized spacial score (nSPS) is 10.7. The molecule has 0 spiro atoms. The summed E-state index contributed by atoms with van der Waals surface area (Å²) in [5.74, 6) is -0.484. The smallest absolute Gasteiger partial charge is 0.251 e. The van der Waals surface area contributed by atoms with Crippen LogP contribution in [0.1, 0.15) is 18.5 Å². The van der Waals surface area contributed by atoms with Gasteiger partial charge in [-0.15, -0.1) is 0 Å². The maximum atomic E-state index is 12.9. The molecule has 7 nitrogen and oxygen atoms in total. The van der Waals surface area contributed by atoms with Gasteiger partial charge >= 0.3 is 0 Å². The summed E-state index contributed by atoms with van der Waals surface area (Å²) >= 11 is 0. The van der Waals surface area contributed by atoms with E-state index in [1.165, 1.54) is 6.08 Å². The molecule has 0 atom stereocenters. The van der Waals surface area contributed by atoms with Crippen LogP contribution in [0.2, 0.25) is 0 Å². The summed E-state index contributed by atoms with van der Waals surface area (Å²) in [5, 5.41) is 19.3. The second kappa shape index (κ2) is 9.85. The lowest BCUT2D eigenvalue weighted by molar-refractivity contribution is -0.120. The standard InChI is InChI=1S/C22H21N5O2/c23-14-13-21(28)24-15-6-16-27(17-7-2-1-3-8-17)22(29)12-11-20-18-9-4-5-10-19(18)25-26-20/h1-5,7-12H,6,13,15-16H2,(H,24,28)(H,25,26)/b12-11+. The van der Waals surface area contributed by atoms with Crippen molar-refractivity contribution < 1.29 is 9.59 Å². The number of para-hydroxylation sites is 2. The molecule has 0 aliphatic heterocycles. The molecule has 0 aliphatic carbocycles. The Bertz CT molecular complexity index is 1050. The maximum Gasteiger partial charge on any atom is 0.251 e. The van der Waals surface area contributed by atoms with Crippen LogP contribution in [0.3, 0.4) is 0 Å². The molecule has 0 fully saturated rings. The molecule has 0 saturated carbocycles. The summed E-state index contributed by atoms with van der Waals surface area (Å²) in [6.07, 6.45) is 3.61. The molecule has 7 heteroatoms. The molecule has 0 bridgehead atoms. The number of aromatic nitrogens is 2. The molecule has 0 radical (unpaired) electrons. The van der Waals surface area contributed by atoms with Gasteiger partial charge in [0.25, 0.3) is 5.91 Å². The van der Waals surface area contributed by atoms with E-state index < -0.39 is 0 Å². The first-order valence-corrected chi connectivity index (χ1v) is 9.30. The first kappa shape index (κ1) is 19.8. The van der Waals surface area contributed by atoms with E-state index >= 15 is 0 Å². The number of amides is 2. The molecular formula is C22H21N5O2. The molecule has 0 unspecified atom stereocenters. The second-order valence-corrected chi connectivity index (χ2v) is 6.35. The number of nitrogens with one attached hydrogen (secondary N) is 2. The van der Waals surface area contributed by atoms with Crippen LogP contribution in [0.5, 0.6) is 0 Å². The lowest BCUT2D eigenvalue weighted by atomic mass is 10.2. The van der Waals surface area contributed by atoms with Crippen LogP contribution in [-0.4, -0.2) is 35.1 Å². The van der Waals surface area contributed by atoms with Crippen LogP contribution in [-0.2, 0) is 9.59 Å². The minimum atomic E-state index is -0.310. The highest BCUT2D eigenvalue weighted by Crippen LogP contribution is 2.18. The van der Waals surface area contributed by atoms with Gasteiger partial charge in [0.05, 0.1) is 17.3 Å². The van der Waals surface area contributed by atoms with E-state index in [0.29, 0.717) is 25.2 Å². The fraction of sp³-hybridized carbons (Fsp3) is 0.182. The molecule has 2 aromatic carbocycles. The van der Waals surface area contributed by atoms with Gasteiger partial charge in [-0.1, -0.05) is 36.4 Å². The number of benzene rings is 2. The quantitative estimate of drug-likeness (QED) is 0.458. The van der Waals surface area contributed by atoms with E-state index in [4.69, 9.17) is 5.26 Å². The van der Waals surface area contributed by atoms with Crippen LogP contribution in [0.25, 0.3) is 17.0 Å². The zero-order valence-corrected chi connectivity index (χ0v) is 15.8. The molecule has 2 amide bonds. The molecule has 2 N–H and O–H groups in total. The Morgan fingerprint density at radius 2 is 1.90 bits per heavy atom. The molecule has 0 saturated heterocycles. The van der Waals surface area contributed by atoms with Gasteiger partial charge < -0.3 is 10.2 Å². The Labute approximate surface area is 168 Å². The minimum absolute atomic E-state index is 0.165. The van der Waals surface area contributed by atoms with E-state index in [1.807, 2.05) is 60.7 Å². The van der Waals surface area contributed by atoms with Crippen molar-refractivity contribution in [3.63, 3.8) is 0 Å². The van der Waals surface area contributed by atoms with Crippen LogP contribution in [0, 0.1) is 11.3 Å². The van der Waals surface area contributed by atoms with E-state index in [9.17, 15) is 9.59 Å². The van der Waals surface area contributed by atoms with Gasteiger partial charge in [-0.2, -0.15) is 10.4 Å². The van der Waals surface area contributed by atoms with E-state index in [2.05, 4.69) is 15.5 Å². The monoisotopic (exact) mass is 387 g/mol. The largest absolute Gasteiger partial charge is 0.355 e. The minimum Gasteiger partial charge on any atom is -0.355 e. The summed E-state index contributed by atoms with van der Waals surface area (Å²) in [6, 6.07) is 18.9. The number of fused-ring (bicyclic) bond motifs is 1. The molecule has 29 heavy (non-hydrogen) atoms. The molecule has 1 aromatic heterocycles. The Morgan fingerprint density at radius 1 is 1.14 bits per heavy atom. The number of carbonyl (C=O) groups is 2. The van der Waals surface area contributed by atoms with Crippen LogP contribution in [0.15, 0.2) is 60.7 Å². The number of carbonyl (C=O) groups excluding carboxylic acids is 2. The number of nitriles is 1. The van der Waals surface area contributed by atoms with Gasteiger partial charge in [0.1, 0.15) is 6.42 Å². The Balaban J connectivity index is 1.69. The number of rotatable bonds is 8. The summed E-state index contributed by atoms with van der Waals surface area (Å²) in [4.78, 5) is 25.9. The number of hydrogen-bond acceptors (Lipinski definition) is 4. The molecule has 1 heterocycles. The van der Waals surface area contributed by atoms with Crippen molar-refractivity contribution in [1.29, 1.82) is 5.26 Å². The number of anilines is 1.